The second kappa shape index (κ2) is 4.69. The molecular weight excluding hydrogens is 281 g/mol. The number of hydrogen-bond acceptors (Lipinski definition) is 5. The molecule has 0 amide bonds. The van der Waals surface area contributed by atoms with E-state index in [4.69, 9.17) is 5.41 Å². The van der Waals surface area contributed by atoms with Gasteiger partial charge >= 0.3 is 6.08 Å². The van der Waals surface area contributed by atoms with Crippen LogP contribution in [0.25, 0.3) is 10.9 Å². The second-order valence-corrected chi connectivity index (χ2v) is 6.24. The molecule has 22 heavy (non-hydrogen) atoms. The normalized spacial score (nSPS) is 24.3. The number of nitrogens with zero attached hydrogens (tertiary/aromatic N) is 4. The van der Waals surface area contributed by atoms with E-state index in [1.165, 1.54) is 0 Å². The van der Waals surface area contributed by atoms with Crippen molar-refractivity contribution >= 4 is 22.4 Å². The van der Waals surface area contributed by atoms with Gasteiger partial charge in [-0.2, -0.15) is 9.37 Å². The number of anilines is 1. The fourth-order valence-corrected chi connectivity index (χ4v) is 3.51. The highest BCUT2D eigenvalue weighted by Gasteiger charge is 2.50. The second-order valence-electron chi connectivity index (χ2n) is 6.24. The van der Waals surface area contributed by atoms with Crippen molar-refractivity contribution in [2.24, 2.45) is 5.92 Å². The van der Waals surface area contributed by atoms with E-state index in [9.17, 15) is 4.39 Å². The lowest BCUT2D eigenvalue weighted by Gasteiger charge is -2.23. The molecule has 4 rings (SSSR count). The molecule has 2 fully saturated rings. The Labute approximate surface area is 128 Å². The van der Waals surface area contributed by atoms with Crippen LogP contribution in [0.3, 0.4) is 0 Å². The number of rotatable bonds is 1. The molecule has 2 aromatic rings. The molecule has 6 heteroatoms. The molecule has 0 unspecified atom stereocenters. The Kier molecular flexibility index (Phi) is 2.89. The zero-order valence-electron chi connectivity index (χ0n) is 12.7. The van der Waals surface area contributed by atoms with E-state index in [1.807, 2.05) is 13.8 Å². The molecule has 0 spiro atoms. The van der Waals surface area contributed by atoms with E-state index in [0.717, 1.165) is 48.2 Å². The average molecular weight is 299 g/mol. The molecule has 0 bridgehead atoms. The third-order valence-electron chi connectivity index (χ3n) is 4.95. The highest BCUT2D eigenvalue weighted by atomic mass is 19.1. The van der Waals surface area contributed by atoms with Crippen molar-refractivity contribution in [1.29, 1.82) is 5.41 Å². The van der Waals surface area contributed by atoms with Crippen molar-refractivity contribution in [2.75, 3.05) is 11.4 Å². The van der Waals surface area contributed by atoms with Crippen molar-refractivity contribution < 1.29 is 4.39 Å². The summed E-state index contributed by atoms with van der Waals surface area (Å²) in [5, 5.41) is 8.87. The number of fused-ring (bicyclic) bond motifs is 2. The molecule has 2 atom stereocenters. The van der Waals surface area contributed by atoms with Gasteiger partial charge in [-0.05, 0) is 32.3 Å². The van der Waals surface area contributed by atoms with E-state index in [0.29, 0.717) is 17.3 Å². The van der Waals surface area contributed by atoms with Crippen molar-refractivity contribution in [2.45, 2.75) is 39.2 Å². The Morgan fingerprint density at radius 1 is 1.27 bits per heavy atom. The van der Waals surface area contributed by atoms with Gasteiger partial charge in [0.05, 0.1) is 16.9 Å². The van der Waals surface area contributed by atoms with E-state index in [2.05, 4.69) is 19.9 Å². The van der Waals surface area contributed by atoms with Crippen LogP contribution < -0.4 is 4.90 Å². The predicted octanol–water partition coefficient (Wildman–Crippen LogP) is 2.79. The van der Waals surface area contributed by atoms with E-state index in [1.54, 1.807) is 6.20 Å². The lowest BCUT2D eigenvalue weighted by atomic mass is 10.1. The predicted molar refractivity (Wildman–Crippen MR) is 83.0 cm³/mol. The molecule has 0 aromatic carbocycles. The maximum absolute atomic E-state index is 14.0. The van der Waals surface area contributed by atoms with Crippen LogP contribution in [-0.2, 0) is 0 Å². The number of aromatic nitrogens is 3. The first kappa shape index (κ1) is 13.5. The van der Waals surface area contributed by atoms with Crippen LogP contribution in [0.15, 0.2) is 6.20 Å². The smallest absolute Gasteiger partial charge is 0.311 e. The number of nitrogens with one attached hydrogen (secondary N) is 1. The summed E-state index contributed by atoms with van der Waals surface area (Å²) in [6.07, 6.45) is 4.25. The summed E-state index contributed by atoms with van der Waals surface area (Å²) >= 11 is 0. The standard InChI is InChI=1S/C16H18FN5/c1-8-9(2)19-7-11-13(8)20-16(17)21-15(11)22-6-4-3-5-10-12(18)14(10)22/h7,10,14,18H,3-6H2,1-2H3/t10-,14-/m0/s1. The highest BCUT2D eigenvalue weighted by Crippen LogP contribution is 2.42. The summed E-state index contributed by atoms with van der Waals surface area (Å²) in [6, 6.07) is 0.0848. The largest absolute Gasteiger partial charge is 0.347 e. The van der Waals surface area contributed by atoms with Gasteiger partial charge in [0.2, 0.25) is 0 Å². The molecule has 114 valence electrons. The maximum atomic E-state index is 14.0. The fraction of sp³-hybridized carbons (Fsp3) is 0.500. The van der Waals surface area contributed by atoms with E-state index in [-0.39, 0.29) is 6.04 Å². The number of halogens is 1. The molecule has 5 nitrogen and oxygen atoms in total. The van der Waals surface area contributed by atoms with Crippen molar-refractivity contribution in [3.05, 3.63) is 23.5 Å². The summed E-state index contributed by atoms with van der Waals surface area (Å²) < 4.78 is 14.0. The number of hydrogen-bond donors (Lipinski definition) is 1. The van der Waals surface area contributed by atoms with Crippen LogP contribution in [0.4, 0.5) is 10.2 Å². The van der Waals surface area contributed by atoms with Gasteiger partial charge in [0.15, 0.2) is 0 Å². The van der Waals surface area contributed by atoms with Crippen LogP contribution in [0.2, 0.25) is 0 Å². The Balaban J connectivity index is 1.91. The van der Waals surface area contributed by atoms with Gasteiger partial charge in [-0.25, -0.2) is 4.98 Å². The Hall–Kier alpha value is -2.11. The van der Waals surface area contributed by atoms with Gasteiger partial charge < -0.3 is 10.3 Å². The SMILES string of the molecule is Cc1ncc2c(N3CCCC[C@H]4C(=N)[C@H]43)nc(F)nc2c1C. The Bertz CT molecular complexity index is 788. The van der Waals surface area contributed by atoms with Gasteiger partial charge in [-0.3, -0.25) is 4.98 Å². The summed E-state index contributed by atoms with van der Waals surface area (Å²) in [5.74, 6) is 0.910. The number of pyridine rings is 1. The molecular formula is C16H18FN5. The Morgan fingerprint density at radius 2 is 2.09 bits per heavy atom. The van der Waals surface area contributed by atoms with Crippen molar-refractivity contribution in [3.8, 4) is 0 Å². The minimum absolute atomic E-state index is 0.0848. The monoisotopic (exact) mass is 299 g/mol. The molecule has 0 radical (unpaired) electrons. The summed E-state index contributed by atoms with van der Waals surface area (Å²) in [6.45, 7) is 4.61. The quantitative estimate of drug-likeness (QED) is 0.822. The van der Waals surface area contributed by atoms with Crippen LogP contribution >= 0.6 is 0 Å². The molecule has 2 aliphatic rings. The van der Waals surface area contributed by atoms with Gasteiger partial charge in [0.1, 0.15) is 5.82 Å². The molecule has 1 N–H and O–H groups in total. The maximum Gasteiger partial charge on any atom is 0.311 e. The van der Waals surface area contributed by atoms with Gasteiger partial charge in [0, 0.05) is 30.1 Å². The molecule has 1 aliphatic carbocycles. The van der Waals surface area contributed by atoms with Gasteiger partial charge in [-0.15, -0.1) is 0 Å². The lowest BCUT2D eigenvalue weighted by Crippen LogP contribution is -2.29. The minimum atomic E-state index is -0.704. The molecule has 1 saturated carbocycles. The first-order valence-corrected chi connectivity index (χ1v) is 7.72. The third kappa shape index (κ3) is 1.90. The first-order valence-electron chi connectivity index (χ1n) is 7.72. The minimum Gasteiger partial charge on any atom is -0.347 e. The van der Waals surface area contributed by atoms with Gasteiger partial charge in [-0.1, -0.05) is 6.42 Å². The molecule has 1 aliphatic heterocycles. The Morgan fingerprint density at radius 3 is 2.91 bits per heavy atom. The van der Waals surface area contributed by atoms with Crippen molar-refractivity contribution in [3.63, 3.8) is 0 Å². The zero-order chi connectivity index (χ0) is 15.4. The third-order valence-corrected chi connectivity index (χ3v) is 4.95. The topological polar surface area (TPSA) is 65.8 Å². The van der Waals surface area contributed by atoms with Crippen molar-refractivity contribution in [1.82, 2.24) is 15.0 Å². The summed E-state index contributed by atoms with van der Waals surface area (Å²) in [5.41, 5.74) is 3.12. The van der Waals surface area contributed by atoms with Crippen LogP contribution in [0.1, 0.15) is 30.5 Å². The highest BCUT2D eigenvalue weighted by molar-refractivity contribution is 6.09. The lowest BCUT2D eigenvalue weighted by molar-refractivity contribution is 0.541. The van der Waals surface area contributed by atoms with Crippen LogP contribution in [0.5, 0.6) is 0 Å². The summed E-state index contributed by atoms with van der Waals surface area (Å²) in [4.78, 5) is 14.5. The average Bonchev–Trinajstić information content (AvgIpc) is 3.18. The molecule has 3 heterocycles. The summed E-state index contributed by atoms with van der Waals surface area (Å²) in [7, 11) is 0. The zero-order valence-corrected chi connectivity index (χ0v) is 12.7. The van der Waals surface area contributed by atoms with E-state index < -0.39 is 6.08 Å². The van der Waals surface area contributed by atoms with Gasteiger partial charge in [0.25, 0.3) is 0 Å². The van der Waals surface area contributed by atoms with Crippen LogP contribution in [-0.4, -0.2) is 33.3 Å². The fourth-order valence-electron chi connectivity index (χ4n) is 3.51. The first-order chi connectivity index (χ1) is 10.6. The molecule has 2 aromatic heterocycles. The van der Waals surface area contributed by atoms with Crippen LogP contribution in [0, 0.1) is 31.3 Å². The number of aryl methyl sites for hydroxylation is 2. The molecule has 1 saturated heterocycles. The van der Waals surface area contributed by atoms with E-state index >= 15 is 0 Å².